The van der Waals surface area contributed by atoms with Crippen molar-refractivity contribution in [1.29, 1.82) is 0 Å². The van der Waals surface area contributed by atoms with Crippen LogP contribution in [0.1, 0.15) is 28.3 Å². The Labute approximate surface area is 131 Å². The SMILES string of the molecule is Cc1cc(C(N)c2ccccc2I)cc([N+](=O)[O-])c1C. The van der Waals surface area contributed by atoms with E-state index in [1.807, 2.05) is 37.3 Å². The van der Waals surface area contributed by atoms with Gasteiger partial charge in [-0.15, -0.1) is 0 Å². The lowest BCUT2D eigenvalue weighted by Gasteiger charge is -2.16. The molecule has 0 bridgehead atoms. The maximum Gasteiger partial charge on any atom is 0.272 e. The third kappa shape index (κ3) is 2.83. The van der Waals surface area contributed by atoms with E-state index >= 15 is 0 Å². The zero-order valence-electron chi connectivity index (χ0n) is 11.3. The minimum atomic E-state index is -0.360. The predicted octanol–water partition coefficient (Wildman–Crippen LogP) is 3.86. The van der Waals surface area contributed by atoms with E-state index in [4.69, 9.17) is 5.73 Å². The molecule has 2 aromatic carbocycles. The fourth-order valence-electron chi connectivity index (χ4n) is 2.14. The number of aryl methyl sites for hydroxylation is 1. The van der Waals surface area contributed by atoms with Gasteiger partial charge < -0.3 is 5.73 Å². The van der Waals surface area contributed by atoms with Gasteiger partial charge >= 0.3 is 0 Å². The van der Waals surface area contributed by atoms with Crippen LogP contribution in [0.4, 0.5) is 5.69 Å². The van der Waals surface area contributed by atoms with Gasteiger partial charge in [0, 0.05) is 15.2 Å². The Balaban J connectivity index is 2.53. The second-order valence-electron chi connectivity index (χ2n) is 4.74. The molecule has 0 fully saturated rings. The predicted molar refractivity (Wildman–Crippen MR) is 87.8 cm³/mol. The van der Waals surface area contributed by atoms with Crippen molar-refractivity contribution in [2.75, 3.05) is 0 Å². The van der Waals surface area contributed by atoms with Crippen LogP contribution in [0.15, 0.2) is 36.4 Å². The molecule has 0 aromatic heterocycles. The summed E-state index contributed by atoms with van der Waals surface area (Å²) in [5.41, 5.74) is 9.72. The molecule has 0 saturated heterocycles. The highest BCUT2D eigenvalue weighted by Crippen LogP contribution is 2.30. The molecule has 2 N–H and O–H groups in total. The van der Waals surface area contributed by atoms with E-state index in [2.05, 4.69) is 22.6 Å². The van der Waals surface area contributed by atoms with Crippen molar-refractivity contribution in [1.82, 2.24) is 0 Å². The number of benzene rings is 2. The molecule has 0 amide bonds. The van der Waals surface area contributed by atoms with Crippen molar-refractivity contribution >= 4 is 28.3 Å². The number of nitrogens with two attached hydrogens (primary N) is 1. The Bertz CT molecular complexity index is 671. The monoisotopic (exact) mass is 382 g/mol. The molecule has 1 unspecified atom stereocenters. The lowest BCUT2D eigenvalue weighted by atomic mass is 9.95. The van der Waals surface area contributed by atoms with Gasteiger partial charge in [0.05, 0.1) is 11.0 Å². The summed E-state index contributed by atoms with van der Waals surface area (Å²) in [4.78, 5) is 10.8. The standard InChI is InChI=1S/C15H15IN2O2/c1-9-7-11(8-14(10(9)2)18(19)20)15(17)12-5-3-4-6-13(12)16/h3-8,15H,17H2,1-2H3. The summed E-state index contributed by atoms with van der Waals surface area (Å²) < 4.78 is 1.05. The zero-order valence-corrected chi connectivity index (χ0v) is 13.4. The van der Waals surface area contributed by atoms with Gasteiger partial charge in [-0.2, -0.15) is 0 Å². The van der Waals surface area contributed by atoms with Crippen molar-refractivity contribution in [2.24, 2.45) is 5.73 Å². The van der Waals surface area contributed by atoms with Crippen molar-refractivity contribution in [3.05, 3.63) is 72.3 Å². The summed E-state index contributed by atoms with van der Waals surface area (Å²) >= 11 is 2.23. The summed E-state index contributed by atoms with van der Waals surface area (Å²) in [5, 5.41) is 11.1. The van der Waals surface area contributed by atoms with E-state index in [1.54, 1.807) is 13.0 Å². The van der Waals surface area contributed by atoms with E-state index in [1.165, 1.54) is 0 Å². The fourth-order valence-corrected chi connectivity index (χ4v) is 2.87. The summed E-state index contributed by atoms with van der Waals surface area (Å²) in [6, 6.07) is 10.9. The average Bonchev–Trinajstić information content (AvgIpc) is 2.41. The molecule has 5 heteroatoms. The van der Waals surface area contributed by atoms with Crippen molar-refractivity contribution in [3.63, 3.8) is 0 Å². The second kappa shape index (κ2) is 5.88. The summed E-state index contributed by atoms with van der Waals surface area (Å²) in [6.45, 7) is 3.63. The normalized spacial score (nSPS) is 12.2. The van der Waals surface area contributed by atoms with E-state index in [0.717, 1.165) is 20.3 Å². The molecule has 0 aliphatic rings. The molecule has 20 heavy (non-hydrogen) atoms. The van der Waals surface area contributed by atoms with Gasteiger partial charge in [-0.25, -0.2) is 0 Å². The third-order valence-electron chi connectivity index (χ3n) is 3.46. The number of nitro groups is 1. The first-order valence-electron chi connectivity index (χ1n) is 6.17. The average molecular weight is 382 g/mol. The van der Waals surface area contributed by atoms with E-state index in [0.29, 0.717) is 5.56 Å². The second-order valence-corrected chi connectivity index (χ2v) is 5.90. The molecule has 0 spiro atoms. The maximum absolute atomic E-state index is 11.1. The molecule has 2 aromatic rings. The van der Waals surface area contributed by atoms with Crippen molar-refractivity contribution < 1.29 is 4.92 Å². The minimum absolute atomic E-state index is 0.126. The lowest BCUT2D eigenvalue weighted by Crippen LogP contribution is -2.14. The molecule has 0 heterocycles. The number of rotatable bonds is 3. The van der Waals surface area contributed by atoms with Gasteiger partial charge in [0.15, 0.2) is 0 Å². The van der Waals surface area contributed by atoms with E-state index in [9.17, 15) is 10.1 Å². The highest BCUT2D eigenvalue weighted by molar-refractivity contribution is 14.1. The van der Waals surface area contributed by atoms with E-state index in [-0.39, 0.29) is 16.7 Å². The van der Waals surface area contributed by atoms with Crippen LogP contribution in [0.25, 0.3) is 0 Å². The van der Waals surface area contributed by atoms with Crippen LogP contribution in [0, 0.1) is 27.5 Å². The van der Waals surface area contributed by atoms with Crippen molar-refractivity contribution in [2.45, 2.75) is 19.9 Å². The van der Waals surface area contributed by atoms with Gasteiger partial charge in [0.25, 0.3) is 5.69 Å². The Morgan fingerprint density at radius 2 is 1.90 bits per heavy atom. The first-order chi connectivity index (χ1) is 9.41. The van der Waals surface area contributed by atoms with E-state index < -0.39 is 0 Å². The molecule has 0 aliphatic carbocycles. The van der Waals surface area contributed by atoms with Crippen LogP contribution in [-0.4, -0.2) is 4.92 Å². The van der Waals surface area contributed by atoms with Crippen molar-refractivity contribution in [3.8, 4) is 0 Å². The number of hydrogen-bond donors (Lipinski definition) is 1. The molecular weight excluding hydrogens is 367 g/mol. The van der Waals surface area contributed by atoms with Crippen LogP contribution in [0.2, 0.25) is 0 Å². The summed E-state index contributed by atoms with van der Waals surface area (Å²) in [6.07, 6.45) is 0. The maximum atomic E-state index is 11.1. The number of nitro benzene ring substituents is 1. The summed E-state index contributed by atoms with van der Waals surface area (Å²) in [5.74, 6) is 0. The fraction of sp³-hybridized carbons (Fsp3) is 0.200. The first kappa shape index (κ1) is 14.9. The lowest BCUT2D eigenvalue weighted by molar-refractivity contribution is -0.385. The Morgan fingerprint density at radius 3 is 2.50 bits per heavy atom. The molecule has 2 rings (SSSR count). The minimum Gasteiger partial charge on any atom is -0.320 e. The first-order valence-corrected chi connectivity index (χ1v) is 7.25. The largest absolute Gasteiger partial charge is 0.320 e. The Kier molecular flexibility index (Phi) is 4.39. The van der Waals surface area contributed by atoms with Crippen LogP contribution in [-0.2, 0) is 0 Å². The quantitative estimate of drug-likeness (QED) is 0.498. The molecule has 104 valence electrons. The van der Waals surface area contributed by atoms with Gasteiger partial charge in [0.1, 0.15) is 0 Å². The number of halogens is 1. The topological polar surface area (TPSA) is 69.2 Å². The van der Waals surface area contributed by atoms with Crippen LogP contribution in [0.3, 0.4) is 0 Å². The van der Waals surface area contributed by atoms with Gasteiger partial charge in [0.2, 0.25) is 0 Å². The molecule has 4 nitrogen and oxygen atoms in total. The number of nitrogens with zero attached hydrogens (tertiary/aromatic N) is 1. The van der Waals surface area contributed by atoms with Crippen LogP contribution in [0.5, 0.6) is 0 Å². The smallest absolute Gasteiger partial charge is 0.272 e. The Morgan fingerprint density at radius 1 is 1.25 bits per heavy atom. The molecule has 0 aliphatic heterocycles. The molecule has 1 atom stereocenters. The van der Waals surface area contributed by atoms with Gasteiger partial charge in [-0.05, 0) is 59.2 Å². The van der Waals surface area contributed by atoms with Crippen LogP contribution < -0.4 is 5.73 Å². The zero-order chi connectivity index (χ0) is 14.9. The van der Waals surface area contributed by atoms with Gasteiger partial charge in [-0.3, -0.25) is 10.1 Å². The van der Waals surface area contributed by atoms with Gasteiger partial charge in [-0.1, -0.05) is 24.3 Å². The Hall–Kier alpha value is -1.47. The highest BCUT2D eigenvalue weighted by Gasteiger charge is 2.19. The summed E-state index contributed by atoms with van der Waals surface area (Å²) in [7, 11) is 0. The van der Waals surface area contributed by atoms with Crippen LogP contribution >= 0.6 is 22.6 Å². The molecule has 0 radical (unpaired) electrons. The third-order valence-corrected chi connectivity index (χ3v) is 4.44. The molecule has 0 saturated carbocycles. The molecular formula is C15H15IN2O2. The highest BCUT2D eigenvalue weighted by atomic mass is 127. The number of hydrogen-bond acceptors (Lipinski definition) is 3.